The van der Waals surface area contributed by atoms with Crippen LogP contribution in [0.1, 0.15) is 0 Å². The Morgan fingerprint density at radius 3 is 2.55 bits per heavy atom. The molecule has 0 unspecified atom stereocenters. The maximum absolute atomic E-state index is 12.0. The standard InChI is InChI=1S/C12H17N5O2S/c1-16(2)20(18,19)10-4-5-12(11(13)6-10)15-9-7-14-17(3)8-9/h4-8,15H,13H2,1-3H3. The van der Waals surface area contributed by atoms with Crippen LogP contribution in [-0.2, 0) is 17.1 Å². The third kappa shape index (κ3) is 2.75. The van der Waals surface area contributed by atoms with Crippen LogP contribution in [0.5, 0.6) is 0 Å². The smallest absolute Gasteiger partial charge is 0.242 e. The number of rotatable bonds is 4. The number of sulfonamides is 1. The van der Waals surface area contributed by atoms with Gasteiger partial charge in [0.1, 0.15) is 0 Å². The van der Waals surface area contributed by atoms with E-state index in [9.17, 15) is 8.42 Å². The van der Waals surface area contributed by atoms with Crippen LogP contribution in [0, 0.1) is 0 Å². The van der Waals surface area contributed by atoms with Gasteiger partial charge in [-0.1, -0.05) is 0 Å². The monoisotopic (exact) mass is 295 g/mol. The van der Waals surface area contributed by atoms with E-state index < -0.39 is 10.0 Å². The van der Waals surface area contributed by atoms with E-state index in [1.165, 1.54) is 26.2 Å². The molecule has 1 heterocycles. The summed E-state index contributed by atoms with van der Waals surface area (Å²) in [6.07, 6.45) is 3.45. The Kier molecular flexibility index (Phi) is 3.69. The molecule has 2 rings (SSSR count). The molecule has 0 atom stereocenters. The van der Waals surface area contributed by atoms with E-state index in [1.54, 1.807) is 30.2 Å². The van der Waals surface area contributed by atoms with Gasteiger partial charge in [-0.05, 0) is 18.2 Å². The second kappa shape index (κ2) is 5.14. The molecular weight excluding hydrogens is 278 g/mol. The highest BCUT2D eigenvalue weighted by atomic mass is 32.2. The Bertz CT molecular complexity index is 721. The number of aromatic nitrogens is 2. The molecule has 3 N–H and O–H groups in total. The molecule has 0 aliphatic rings. The quantitative estimate of drug-likeness (QED) is 0.821. The average Bonchev–Trinajstić information content (AvgIpc) is 2.77. The van der Waals surface area contributed by atoms with Crippen molar-refractivity contribution in [2.24, 2.45) is 7.05 Å². The first-order chi connectivity index (χ1) is 9.30. The number of hydrogen-bond donors (Lipinski definition) is 2. The lowest BCUT2D eigenvalue weighted by Gasteiger charge is -2.13. The van der Waals surface area contributed by atoms with Crippen molar-refractivity contribution in [3.8, 4) is 0 Å². The van der Waals surface area contributed by atoms with Crippen molar-refractivity contribution in [2.45, 2.75) is 4.90 Å². The van der Waals surface area contributed by atoms with Gasteiger partial charge in [-0.2, -0.15) is 5.10 Å². The largest absolute Gasteiger partial charge is 0.397 e. The summed E-state index contributed by atoms with van der Waals surface area (Å²) < 4.78 is 26.8. The SMILES string of the molecule is CN(C)S(=O)(=O)c1ccc(Nc2cnn(C)c2)c(N)c1. The van der Waals surface area contributed by atoms with Crippen molar-refractivity contribution in [2.75, 3.05) is 25.1 Å². The van der Waals surface area contributed by atoms with Gasteiger partial charge in [-0.3, -0.25) is 4.68 Å². The summed E-state index contributed by atoms with van der Waals surface area (Å²) in [6, 6.07) is 4.59. The first-order valence-electron chi connectivity index (χ1n) is 5.88. The predicted molar refractivity (Wildman–Crippen MR) is 78.2 cm³/mol. The van der Waals surface area contributed by atoms with Gasteiger partial charge in [0.2, 0.25) is 10.0 Å². The van der Waals surface area contributed by atoms with Crippen molar-refractivity contribution in [1.29, 1.82) is 0 Å². The fourth-order valence-electron chi connectivity index (χ4n) is 1.67. The van der Waals surface area contributed by atoms with Gasteiger partial charge < -0.3 is 11.1 Å². The molecule has 1 aromatic heterocycles. The highest BCUT2D eigenvalue weighted by molar-refractivity contribution is 7.89. The number of nitrogens with one attached hydrogen (secondary N) is 1. The number of anilines is 3. The Morgan fingerprint density at radius 1 is 1.35 bits per heavy atom. The van der Waals surface area contributed by atoms with Crippen molar-refractivity contribution in [3.05, 3.63) is 30.6 Å². The minimum atomic E-state index is -3.48. The lowest BCUT2D eigenvalue weighted by atomic mass is 10.2. The van der Waals surface area contributed by atoms with E-state index in [2.05, 4.69) is 10.4 Å². The zero-order valence-electron chi connectivity index (χ0n) is 11.5. The molecule has 0 fully saturated rings. The third-order valence-corrected chi connectivity index (χ3v) is 4.60. The summed E-state index contributed by atoms with van der Waals surface area (Å²) in [5.74, 6) is 0. The van der Waals surface area contributed by atoms with Crippen LogP contribution >= 0.6 is 0 Å². The molecule has 0 aliphatic carbocycles. The fourth-order valence-corrected chi connectivity index (χ4v) is 2.60. The lowest BCUT2D eigenvalue weighted by Crippen LogP contribution is -2.22. The number of nitrogen functional groups attached to an aromatic ring is 1. The van der Waals surface area contributed by atoms with Gasteiger partial charge in [0.15, 0.2) is 0 Å². The first kappa shape index (κ1) is 14.4. The minimum absolute atomic E-state index is 0.164. The summed E-state index contributed by atoms with van der Waals surface area (Å²) in [5.41, 5.74) is 7.67. The molecular formula is C12H17N5O2S. The van der Waals surface area contributed by atoms with Crippen molar-refractivity contribution < 1.29 is 8.42 Å². The molecule has 0 radical (unpaired) electrons. The Morgan fingerprint density at radius 2 is 2.05 bits per heavy atom. The van der Waals surface area contributed by atoms with Crippen LogP contribution in [-0.4, -0.2) is 36.6 Å². The summed E-state index contributed by atoms with van der Waals surface area (Å²) in [7, 11) is 1.29. The molecule has 0 saturated heterocycles. The van der Waals surface area contributed by atoms with Gasteiger partial charge in [0, 0.05) is 27.3 Å². The molecule has 0 aliphatic heterocycles. The summed E-state index contributed by atoms with van der Waals surface area (Å²) in [5, 5.41) is 7.12. The highest BCUT2D eigenvalue weighted by Gasteiger charge is 2.18. The molecule has 1 aromatic carbocycles. The van der Waals surface area contributed by atoms with E-state index in [4.69, 9.17) is 5.73 Å². The van der Waals surface area contributed by atoms with Crippen LogP contribution in [0.3, 0.4) is 0 Å². The Balaban J connectivity index is 2.31. The molecule has 20 heavy (non-hydrogen) atoms. The number of nitrogens with zero attached hydrogens (tertiary/aromatic N) is 3. The zero-order chi connectivity index (χ0) is 14.9. The lowest BCUT2D eigenvalue weighted by molar-refractivity contribution is 0.521. The van der Waals surface area contributed by atoms with Crippen LogP contribution < -0.4 is 11.1 Å². The predicted octanol–water partition coefficient (Wildman–Crippen LogP) is 0.996. The summed E-state index contributed by atoms with van der Waals surface area (Å²) in [6.45, 7) is 0. The molecule has 8 heteroatoms. The van der Waals surface area contributed by atoms with E-state index in [0.717, 1.165) is 9.99 Å². The van der Waals surface area contributed by atoms with Crippen molar-refractivity contribution in [1.82, 2.24) is 14.1 Å². The van der Waals surface area contributed by atoms with Crippen LogP contribution in [0.25, 0.3) is 0 Å². The second-order valence-electron chi connectivity index (χ2n) is 4.56. The average molecular weight is 295 g/mol. The Labute approximate surface area is 118 Å². The van der Waals surface area contributed by atoms with E-state index >= 15 is 0 Å². The van der Waals surface area contributed by atoms with Crippen LogP contribution in [0.4, 0.5) is 17.1 Å². The van der Waals surface area contributed by atoms with Gasteiger partial charge in [0.05, 0.1) is 28.2 Å². The van der Waals surface area contributed by atoms with E-state index in [-0.39, 0.29) is 4.90 Å². The normalized spacial score (nSPS) is 11.8. The van der Waals surface area contributed by atoms with Crippen LogP contribution in [0.2, 0.25) is 0 Å². The summed E-state index contributed by atoms with van der Waals surface area (Å²) >= 11 is 0. The molecule has 0 amide bonds. The molecule has 2 aromatic rings. The maximum Gasteiger partial charge on any atom is 0.242 e. The van der Waals surface area contributed by atoms with Gasteiger partial charge in [0.25, 0.3) is 0 Å². The first-order valence-corrected chi connectivity index (χ1v) is 7.32. The fraction of sp³-hybridized carbons (Fsp3) is 0.250. The minimum Gasteiger partial charge on any atom is -0.397 e. The maximum atomic E-state index is 12.0. The molecule has 0 saturated carbocycles. The van der Waals surface area contributed by atoms with Crippen molar-refractivity contribution >= 4 is 27.1 Å². The number of nitrogens with two attached hydrogens (primary N) is 1. The highest BCUT2D eigenvalue weighted by Crippen LogP contribution is 2.26. The van der Waals surface area contributed by atoms with E-state index in [0.29, 0.717) is 11.4 Å². The third-order valence-electron chi connectivity index (χ3n) is 2.79. The number of hydrogen-bond acceptors (Lipinski definition) is 5. The second-order valence-corrected chi connectivity index (χ2v) is 6.72. The molecule has 0 spiro atoms. The van der Waals surface area contributed by atoms with Crippen molar-refractivity contribution in [3.63, 3.8) is 0 Å². The summed E-state index contributed by atoms with van der Waals surface area (Å²) in [4.78, 5) is 0.164. The van der Waals surface area contributed by atoms with E-state index in [1.807, 2.05) is 0 Å². The van der Waals surface area contributed by atoms with Gasteiger partial charge in [-0.15, -0.1) is 0 Å². The topological polar surface area (TPSA) is 93.2 Å². The molecule has 7 nitrogen and oxygen atoms in total. The molecule has 108 valence electrons. The number of aryl methyl sites for hydroxylation is 1. The molecule has 0 bridgehead atoms. The number of benzene rings is 1. The van der Waals surface area contributed by atoms with Gasteiger partial charge >= 0.3 is 0 Å². The zero-order valence-corrected chi connectivity index (χ0v) is 12.3. The Hall–Kier alpha value is -2.06. The van der Waals surface area contributed by atoms with Crippen LogP contribution in [0.15, 0.2) is 35.5 Å². The van der Waals surface area contributed by atoms with Gasteiger partial charge in [-0.25, -0.2) is 12.7 Å².